The Kier molecular flexibility index (Phi) is 6.60. The number of methoxy groups -OCH3 is 1. The van der Waals surface area contributed by atoms with E-state index in [1.807, 2.05) is 12.1 Å². The van der Waals surface area contributed by atoms with E-state index >= 15 is 0 Å². The molecule has 1 aliphatic heterocycles. The average Bonchev–Trinajstić information content (AvgIpc) is 3.47. The van der Waals surface area contributed by atoms with Crippen molar-refractivity contribution in [2.24, 2.45) is 4.99 Å². The summed E-state index contributed by atoms with van der Waals surface area (Å²) in [7, 11) is 1.57. The summed E-state index contributed by atoms with van der Waals surface area (Å²) in [5, 5.41) is 11.5. The third kappa shape index (κ3) is 4.48. The number of thiazole rings is 1. The first-order valence-corrected chi connectivity index (χ1v) is 12.6. The maximum absolute atomic E-state index is 13.6. The highest BCUT2D eigenvalue weighted by Crippen LogP contribution is 2.33. The topological polar surface area (TPSA) is 117 Å². The molecule has 38 heavy (non-hydrogen) atoms. The van der Waals surface area contributed by atoms with Crippen molar-refractivity contribution in [3.05, 3.63) is 112 Å². The number of carbonyl (C=O) groups is 1. The number of benzene rings is 2. The molecule has 0 bridgehead atoms. The number of halogens is 1. The zero-order valence-corrected chi connectivity index (χ0v) is 22.0. The molecule has 1 atom stereocenters. The first-order valence-electron chi connectivity index (χ1n) is 11.4. The van der Waals surface area contributed by atoms with Crippen molar-refractivity contribution in [2.45, 2.75) is 19.9 Å². The standard InChI is InChI=1S/C27H20ClN3O6S/c1-14-24(15(2)32)25(16-4-7-18(36-3)8-5-16)30-26(33)23(38-27(30)29-14)13-19-9-11-22(37-19)20-12-17(31(34)35)6-10-21(20)28/h4-13,25H,1-3H3/b23-13+/t25-/m1/s1. The summed E-state index contributed by atoms with van der Waals surface area (Å²) < 4.78 is 13.0. The third-order valence-electron chi connectivity index (χ3n) is 6.16. The summed E-state index contributed by atoms with van der Waals surface area (Å²) in [6.45, 7) is 3.22. The van der Waals surface area contributed by atoms with Gasteiger partial charge in [0, 0.05) is 35.0 Å². The van der Waals surface area contributed by atoms with Crippen LogP contribution in [0.1, 0.15) is 31.2 Å². The Bertz CT molecular complexity index is 1810. The van der Waals surface area contributed by atoms with Gasteiger partial charge in [0.1, 0.15) is 17.3 Å². The molecule has 0 saturated heterocycles. The fraction of sp³-hybridized carbons (Fsp3) is 0.148. The van der Waals surface area contributed by atoms with Crippen molar-refractivity contribution in [3.8, 4) is 17.1 Å². The van der Waals surface area contributed by atoms with Crippen LogP contribution in [0.2, 0.25) is 5.02 Å². The number of nitro benzene ring substituents is 1. The second kappa shape index (κ2) is 9.88. The molecule has 0 amide bonds. The number of carbonyl (C=O) groups excluding carboxylic acids is 1. The number of aromatic nitrogens is 1. The van der Waals surface area contributed by atoms with Crippen molar-refractivity contribution in [1.82, 2.24) is 4.57 Å². The van der Waals surface area contributed by atoms with Gasteiger partial charge in [-0.05, 0) is 49.7 Å². The van der Waals surface area contributed by atoms with E-state index in [9.17, 15) is 19.7 Å². The van der Waals surface area contributed by atoms with Gasteiger partial charge in [-0.1, -0.05) is 35.1 Å². The fourth-order valence-corrected chi connectivity index (χ4v) is 5.63. The molecule has 4 aromatic rings. The van der Waals surface area contributed by atoms with Crippen molar-refractivity contribution in [2.75, 3.05) is 7.11 Å². The predicted octanol–water partition coefficient (Wildman–Crippen LogP) is 4.65. The van der Waals surface area contributed by atoms with Crippen LogP contribution in [0.3, 0.4) is 0 Å². The Hall–Kier alpha value is -4.28. The minimum atomic E-state index is -0.646. The first-order chi connectivity index (χ1) is 18.2. The second-order valence-corrected chi connectivity index (χ2v) is 9.95. The summed E-state index contributed by atoms with van der Waals surface area (Å²) in [4.78, 5) is 41.9. The van der Waals surface area contributed by atoms with E-state index < -0.39 is 11.0 Å². The molecule has 11 heteroatoms. The van der Waals surface area contributed by atoms with Crippen LogP contribution in [0.4, 0.5) is 5.69 Å². The van der Waals surface area contributed by atoms with Gasteiger partial charge in [-0.3, -0.25) is 24.3 Å². The van der Waals surface area contributed by atoms with E-state index in [0.29, 0.717) is 48.5 Å². The molecule has 5 rings (SSSR count). The highest BCUT2D eigenvalue weighted by Gasteiger charge is 2.30. The zero-order valence-electron chi connectivity index (χ0n) is 20.4. The van der Waals surface area contributed by atoms with Crippen LogP contribution < -0.4 is 19.6 Å². The van der Waals surface area contributed by atoms with Crippen LogP contribution in [0.25, 0.3) is 17.4 Å². The highest BCUT2D eigenvalue weighted by molar-refractivity contribution is 7.07. The molecule has 0 N–H and O–H groups in total. The smallest absolute Gasteiger partial charge is 0.271 e. The van der Waals surface area contributed by atoms with E-state index in [2.05, 4.69) is 4.99 Å². The van der Waals surface area contributed by atoms with Gasteiger partial charge in [0.2, 0.25) is 0 Å². The van der Waals surface area contributed by atoms with Gasteiger partial charge in [0.05, 0.1) is 27.6 Å². The van der Waals surface area contributed by atoms with Crippen molar-refractivity contribution in [3.63, 3.8) is 0 Å². The van der Waals surface area contributed by atoms with Gasteiger partial charge in [-0.25, -0.2) is 4.99 Å². The SMILES string of the molecule is COc1ccc([C@@H]2C(C(C)=O)=C(C)N=c3s/c(=C/c4ccc(-c5cc([N+](=O)[O-])ccc5Cl)o4)c(=O)n32)cc1. The molecule has 2 aromatic heterocycles. The van der Waals surface area contributed by atoms with Crippen LogP contribution in [-0.2, 0) is 4.79 Å². The first kappa shape index (κ1) is 25.4. The minimum absolute atomic E-state index is 0.120. The molecule has 0 aliphatic carbocycles. The lowest BCUT2D eigenvalue weighted by Gasteiger charge is -2.24. The van der Waals surface area contributed by atoms with E-state index in [-0.39, 0.29) is 17.0 Å². The number of furan rings is 1. The van der Waals surface area contributed by atoms with E-state index in [0.717, 1.165) is 5.56 Å². The van der Waals surface area contributed by atoms with Gasteiger partial charge in [0.25, 0.3) is 11.2 Å². The molecular weight excluding hydrogens is 530 g/mol. The number of hydrogen-bond donors (Lipinski definition) is 0. The summed E-state index contributed by atoms with van der Waals surface area (Å²) in [5.41, 5.74) is 1.65. The summed E-state index contributed by atoms with van der Waals surface area (Å²) in [5.74, 6) is 1.16. The number of rotatable bonds is 6. The maximum atomic E-state index is 13.6. The van der Waals surface area contributed by atoms with Crippen molar-refractivity contribution >= 4 is 40.5 Å². The molecule has 0 radical (unpaired) electrons. The van der Waals surface area contributed by atoms with E-state index in [1.165, 1.54) is 41.0 Å². The van der Waals surface area contributed by atoms with Gasteiger partial charge in [-0.15, -0.1) is 0 Å². The Morgan fingerprint density at radius 1 is 1.21 bits per heavy atom. The van der Waals surface area contributed by atoms with Crippen LogP contribution in [-0.4, -0.2) is 22.4 Å². The van der Waals surface area contributed by atoms with Crippen LogP contribution in [0.5, 0.6) is 5.75 Å². The normalized spacial score (nSPS) is 15.3. The number of Topliss-reactive ketones (excluding diaryl/α,β-unsaturated/α-hetero) is 1. The molecule has 0 spiro atoms. The Balaban J connectivity index is 1.62. The molecule has 3 heterocycles. The van der Waals surface area contributed by atoms with E-state index in [1.54, 1.807) is 44.4 Å². The van der Waals surface area contributed by atoms with Gasteiger partial charge in [-0.2, -0.15) is 0 Å². The van der Waals surface area contributed by atoms with Crippen LogP contribution >= 0.6 is 22.9 Å². The summed E-state index contributed by atoms with van der Waals surface area (Å²) in [6, 6.07) is 13.9. The number of ether oxygens (including phenoxy) is 1. The van der Waals surface area contributed by atoms with Crippen LogP contribution in [0.15, 0.2) is 80.1 Å². The number of allylic oxidation sites excluding steroid dienone is 2. The van der Waals surface area contributed by atoms with Gasteiger partial charge in [0.15, 0.2) is 10.6 Å². The third-order valence-corrected chi connectivity index (χ3v) is 7.47. The lowest BCUT2D eigenvalue weighted by Crippen LogP contribution is -2.39. The molecule has 0 saturated carbocycles. The molecule has 2 aromatic carbocycles. The Morgan fingerprint density at radius 3 is 2.61 bits per heavy atom. The number of fused-ring (bicyclic) bond motifs is 1. The molecule has 0 fully saturated rings. The maximum Gasteiger partial charge on any atom is 0.271 e. The number of nitro groups is 1. The molecular formula is C27H20ClN3O6S. The Labute approximate surface area is 224 Å². The lowest BCUT2D eigenvalue weighted by atomic mass is 9.93. The molecule has 9 nitrogen and oxygen atoms in total. The largest absolute Gasteiger partial charge is 0.497 e. The van der Waals surface area contributed by atoms with Crippen molar-refractivity contribution < 1.29 is 18.9 Å². The molecule has 1 aliphatic rings. The number of nitrogens with zero attached hydrogens (tertiary/aromatic N) is 3. The van der Waals surface area contributed by atoms with Crippen LogP contribution in [0, 0.1) is 10.1 Å². The molecule has 192 valence electrons. The lowest BCUT2D eigenvalue weighted by molar-refractivity contribution is -0.384. The highest BCUT2D eigenvalue weighted by atomic mass is 35.5. The minimum Gasteiger partial charge on any atom is -0.497 e. The van der Waals surface area contributed by atoms with E-state index in [4.69, 9.17) is 20.8 Å². The van der Waals surface area contributed by atoms with Gasteiger partial charge < -0.3 is 9.15 Å². The summed E-state index contributed by atoms with van der Waals surface area (Å²) in [6.07, 6.45) is 1.58. The zero-order chi connectivity index (χ0) is 27.1. The Morgan fingerprint density at radius 2 is 1.95 bits per heavy atom. The van der Waals surface area contributed by atoms with Gasteiger partial charge >= 0.3 is 0 Å². The predicted molar refractivity (Wildman–Crippen MR) is 143 cm³/mol. The van der Waals surface area contributed by atoms with Crippen molar-refractivity contribution in [1.29, 1.82) is 0 Å². The fourth-order valence-electron chi connectivity index (χ4n) is 4.39. The number of non-ortho nitro benzene ring substituents is 1. The number of hydrogen-bond acceptors (Lipinski definition) is 8. The molecule has 0 unspecified atom stereocenters. The monoisotopic (exact) mass is 549 g/mol. The quantitative estimate of drug-likeness (QED) is 0.255. The number of ketones is 1. The summed E-state index contributed by atoms with van der Waals surface area (Å²) >= 11 is 7.43. The second-order valence-electron chi connectivity index (χ2n) is 8.53. The average molecular weight is 550 g/mol.